The maximum absolute atomic E-state index is 13.8. The highest BCUT2D eigenvalue weighted by molar-refractivity contribution is 5.99. The minimum Gasteiger partial charge on any atom is -0.380 e. The normalized spacial score (nSPS) is 20.3. The van der Waals surface area contributed by atoms with Crippen molar-refractivity contribution < 1.29 is 14.5 Å². The quantitative estimate of drug-likeness (QED) is 0.353. The average molecular weight is 518 g/mol. The molecular formula is C27H23F3N8. The van der Waals surface area contributed by atoms with Gasteiger partial charge in [-0.25, -0.2) is 13.2 Å². The first kappa shape index (κ1) is 22.7. The van der Waals surface area contributed by atoms with E-state index >= 15 is 0 Å². The molecule has 2 saturated carbocycles. The molecule has 0 amide bonds. The Hall–Kier alpha value is -4.48. The molecule has 1 atom stereocenters. The molecule has 6 rings (SSSR count). The zero-order valence-electron chi connectivity index (χ0n) is 21.0. The Kier molecular flexibility index (Phi) is 5.45. The fraction of sp³-hybridized carbons (Fsp3) is 0.296. The second kappa shape index (κ2) is 9.12. The second-order valence-electron chi connectivity index (χ2n) is 9.72. The lowest BCUT2D eigenvalue weighted by Crippen LogP contribution is -2.44. The van der Waals surface area contributed by atoms with E-state index in [0.717, 1.165) is 12.8 Å². The predicted octanol–water partition coefficient (Wildman–Crippen LogP) is 4.81. The molecule has 0 radical (unpaired) electrons. The standard InChI is InChI=1S/C27H23F3N8/c28-18-3-1-15(2-4-18)26(23-14-38(37-36-23)21-5-6-21)34-19-7-16(11-31)24-22(8-19)25(17(12-32)13-33-24)35-20-9-27(29,30)10-20/h1-4,7-8,13-14,20-21,26,34,36-37H,5-6,9-10H2,(H,33,35)/i26D. The number of aromatic nitrogens is 1. The van der Waals surface area contributed by atoms with Gasteiger partial charge in [0.2, 0.25) is 0 Å². The summed E-state index contributed by atoms with van der Waals surface area (Å²) in [6.45, 7) is 0. The smallest absolute Gasteiger partial charge is 0.252 e. The van der Waals surface area contributed by atoms with Crippen LogP contribution in [0.3, 0.4) is 0 Å². The molecule has 4 N–H and O–H groups in total. The number of nitrogens with one attached hydrogen (secondary N) is 4. The Labute approximate surface area is 218 Å². The van der Waals surface area contributed by atoms with Gasteiger partial charge in [0.15, 0.2) is 0 Å². The summed E-state index contributed by atoms with van der Waals surface area (Å²) >= 11 is 0. The maximum Gasteiger partial charge on any atom is 0.252 e. The molecule has 2 fully saturated rings. The molecule has 2 heterocycles. The van der Waals surface area contributed by atoms with Gasteiger partial charge in [0.25, 0.3) is 5.92 Å². The number of rotatable bonds is 7. The van der Waals surface area contributed by atoms with Crippen LogP contribution in [0.1, 0.15) is 49.8 Å². The van der Waals surface area contributed by atoms with Gasteiger partial charge in [-0.2, -0.15) is 10.5 Å². The van der Waals surface area contributed by atoms with Crippen molar-refractivity contribution in [3.8, 4) is 12.1 Å². The number of nitriles is 2. The molecule has 3 aliphatic rings. The van der Waals surface area contributed by atoms with Gasteiger partial charge in [0, 0.05) is 48.4 Å². The number of halogens is 3. The molecule has 3 aromatic rings. The van der Waals surface area contributed by atoms with E-state index in [4.69, 9.17) is 0 Å². The average Bonchev–Trinajstić information content (AvgIpc) is 3.63. The zero-order chi connectivity index (χ0) is 27.4. The zero-order valence-corrected chi connectivity index (χ0v) is 20.0. The Morgan fingerprint density at radius 1 is 1.13 bits per heavy atom. The number of anilines is 2. The summed E-state index contributed by atoms with van der Waals surface area (Å²) < 4.78 is 50.3. The molecule has 1 aromatic heterocycles. The molecule has 1 aliphatic heterocycles. The second-order valence-corrected chi connectivity index (χ2v) is 9.72. The lowest BCUT2D eigenvalue weighted by atomic mass is 9.87. The molecule has 0 bridgehead atoms. The van der Waals surface area contributed by atoms with Crippen molar-refractivity contribution in [1.29, 1.82) is 10.5 Å². The number of benzene rings is 2. The Morgan fingerprint density at radius 3 is 2.53 bits per heavy atom. The predicted molar refractivity (Wildman–Crippen MR) is 135 cm³/mol. The fourth-order valence-electron chi connectivity index (χ4n) is 4.73. The molecular weight excluding hydrogens is 493 g/mol. The number of nitrogens with zero attached hydrogens (tertiary/aromatic N) is 4. The molecule has 0 spiro atoms. The van der Waals surface area contributed by atoms with Gasteiger partial charge in [0.1, 0.15) is 18.0 Å². The minimum absolute atomic E-state index is 0.152. The van der Waals surface area contributed by atoms with Crippen molar-refractivity contribution in [1.82, 2.24) is 21.0 Å². The largest absolute Gasteiger partial charge is 0.380 e. The Morgan fingerprint density at radius 2 is 1.87 bits per heavy atom. The SMILES string of the molecule is [2H]C(Nc1cc(C#N)c2ncc(C#N)c(NC3CC(F)(F)C3)c2c1)(C1=CN(C2CC2)NN1)c1ccc(F)cc1. The monoisotopic (exact) mass is 517 g/mol. The number of fused-ring (bicyclic) bond motifs is 1. The number of hydrogen-bond donors (Lipinski definition) is 4. The van der Waals surface area contributed by atoms with Crippen molar-refractivity contribution in [2.45, 2.75) is 49.7 Å². The third-order valence-electron chi connectivity index (χ3n) is 6.85. The van der Waals surface area contributed by atoms with Gasteiger partial charge in [0.05, 0.1) is 35.4 Å². The van der Waals surface area contributed by atoms with Crippen molar-refractivity contribution in [2.75, 3.05) is 10.6 Å². The summed E-state index contributed by atoms with van der Waals surface area (Å²) in [5.41, 5.74) is 8.24. The molecule has 2 aromatic carbocycles. The first-order valence-corrected chi connectivity index (χ1v) is 12.2. The summed E-state index contributed by atoms with van der Waals surface area (Å²) in [5.74, 6) is -3.21. The summed E-state index contributed by atoms with van der Waals surface area (Å²) in [5, 5.41) is 28.1. The molecule has 2 aliphatic carbocycles. The van der Waals surface area contributed by atoms with Crippen LogP contribution >= 0.6 is 0 Å². The Balaban J connectivity index is 1.44. The van der Waals surface area contributed by atoms with Crippen LogP contribution < -0.4 is 21.6 Å². The van der Waals surface area contributed by atoms with E-state index in [2.05, 4.69) is 32.6 Å². The van der Waals surface area contributed by atoms with E-state index in [0.29, 0.717) is 39.6 Å². The van der Waals surface area contributed by atoms with Crippen LogP contribution in [0, 0.1) is 28.5 Å². The van der Waals surface area contributed by atoms with Gasteiger partial charge in [-0.1, -0.05) is 12.1 Å². The van der Waals surface area contributed by atoms with Crippen molar-refractivity contribution in [3.05, 3.63) is 77.0 Å². The van der Waals surface area contributed by atoms with Crippen LogP contribution in [0.15, 0.2) is 54.5 Å². The van der Waals surface area contributed by atoms with Crippen molar-refractivity contribution in [3.63, 3.8) is 0 Å². The highest BCUT2D eigenvalue weighted by Gasteiger charge is 2.45. The van der Waals surface area contributed by atoms with Crippen LogP contribution in [0.2, 0.25) is 0 Å². The third-order valence-corrected chi connectivity index (χ3v) is 6.85. The number of alkyl halides is 2. The van der Waals surface area contributed by atoms with Gasteiger partial charge in [-0.3, -0.25) is 9.99 Å². The summed E-state index contributed by atoms with van der Waals surface area (Å²) in [4.78, 5) is 4.29. The number of hydrogen-bond acceptors (Lipinski definition) is 8. The first-order valence-electron chi connectivity index (χ1n) is 12.7. The number of hydrazine groups is 2. The summed E-state index contributed by atoms with van der Waals surface area (Å²) in [6, 6.07) is 11.0. The molecule has 38 heavy (non-hydrogen) atoms. The maximum atomic E-state index is 13.8. The van der Waals surface area contributed by atoms with E-state index in [9.17, 15) is 25.1 Å². The summed E-state index contributed by atoms with van der Waals surface area (Å²) in [7, 11) is 0. The number of pyridine rings is 1. The summed E-state index contributed by atoms with van der Waals surface area (Å²) in [6.07, 6.45) is 4.40. The van der Waals surface area contributed by atoms with Gasteiger partial charge < -0.3 is 16.1 Å². The van der Waals surface area contributed by atoms with Crippen LogP contribution in [0.5, 0.6) is 0 Å². The highest BCUT2D eigenvalue weighted by Crippen LogP contribution is 2.41. The van der Waals surface area contributed by atoms with Crippen LogP contribution in [0.25, 0.3) is 10.9 Å². The van der Waals surface area contributed by atoms with E-state index in [-0.39, 0.29) is 24.0 Å². The van der Waals surface area contributed by atoms with Crippen LogP contribution in [0.4, 0.5) is 24.5 Å². The van der Waals surface area contributed by atoms with E-state index in [1.54, 1.807) is 12.3 Å². The topological polar surface area (TPSA) is 112 Å². The van der Waals surface area contributed by atoms with Gasteiger partial charge >= 0.3 is 0 Å². The third kappa shape index (κ3) is 4.53. The van der Waals surface area contributed by atoms with Crippen molar-refractivity contribution >= 4 is 22.3 Å². The van der Waals surface area contributed by atoms with Crippen LogP contribution in [-0.4, -0.2) is 28.0 Å². The molecule has 1 unspecified atom stereocenters. The fourth-order valence-corrected chi connectivity index (χ4v) is 4.73. The molecule has 11 heteroatoms. The van der Waals surface area contributed by atoms with Crippen LogP contribution in [-0.2, 0) is 0 Å². The molecule has 0 saturated heterocycles. The van der Waals surface area contributed by atoms with Gasteiger partial charge in [-0.15, -0.1) is 5.53 Å². The molecule has 192 valence electrons. The van der Waals surface area contributed by atoms with Crippen molar-refractivity contribution in [2.24, 2.45) is 0 Å². The lowest BCUT2D eigenvalue weighted by molar-refractivity contribution is -0.0793. The minimum atomic E-state index is -2.76. The highest BCUT2D eigenvalue weighted by atomic mass is 19.3. The first-order chi connectivity index (χ1) is 18.7. The van der Waals surface area contributed by atoms with E-state index in [1.807, 2.05) is 11.1 Å². The molecule has 8 nitrogen and oxygen atoms in total. The lowest BCUT2D eigenvalue weighted by Gasteiger charge is -2.36. The van der Waals surface area contributed by atoms with Gasteiger partial charge in [-0.05, 0) is 42.7 Å². The van der Waals surface area contributed by atoms with E-state index < -0.39 is 23.8 Å². The van der Waals surface area contributed by atoms with E-state index in [1.165, 1.54) is 36.5 Å². The Bertz CT molecular complexity index is 1570.